The van der Waals surface area contributed by atoms with E-state index in [1.54, 1.807) is 12.0 Å². The standard InChI is InChI=1S/C20H19F2NO4/c1-25-17-4-2-3-13-12-26-20(27-18(13)17)5-7-23(8-6-20)19(24)14-9-15(21)11-16(22)10-14/h2-4,9-11H,5-8,12H2,1H3. The van der Waals surface area contributed by atoms with Crippen LogP contribution in [0, 0.1) is 11.6 Å². The van der Waals surface area contributed by atoms with Gasteiger partial charge in [-0.15, -0.1) is 0 Å². The number of halogens is 2. The number of fused-ring (bicyclic) bond motifs is 1. The molecule has 142 valence electrons. The molecule has 2 aromatic rings. The molecule has 0 aliphatic carbocycles. The third kappa shape index (κ3) is 3.35. The molecular formula is C20H19F2NO4. The SMILES string of the molecule is COc1cccc2c1OC1(CCN(C(=O)c3cc(F)cc(F)c3)CC1)OC2. The van der Waals surface area contributed by atoms with Crippen LogP contribution in [0.3, 0.4) is 0 Å². The third-order valence-electron chi connectivity index (χ3n) is 4.98. The summed E-state index contributed by atoms with van der Waals surface area (Å²) in [4.78, 5) is 14.1. The molecule has 0 aromatic heterocycles. The first kappa shape index (κ1) is 17.7. The molecule has 2 aliphatic rings. The van der Waals surface area contributed by atoms with Gasteiger partial charge in [0.15, 0.2) is 11.5 Å². The van der Waals surface area contributed by atoms with Crippen molar-refractivity contribution in [3.63, 3.8) is 0 Å². The van der Waals surface area contributed by atoms with Gasteiger partial charge < -0.3 is 19.1 Å². The number of hydrogen-bond acceptors (Lipinski definition) is 4. The lowest BCUT2D eigenvalue weighted by Crippen LogP contribution is -2.52. The quantitative estimate of drug-likeness (QED) is 0.806. The first-order chi connectivity index (χ1) is 13.0. The van der Waals surface area contributed by atoms with Crippen LogP contribution in [0.4, 0.5) is 8.78 Å². The van der Waals surface area contributed by atoms with Gasteiger partial charge in [-0.05, 0) is 18.2 Å². The number of methoxy groups -OCH3 is 1. The Balaban J connectivity index is 1.48. The predicted molar refractivity (Wildman–Crippen MR) is 92.6 cm³/mol. The van der Waals surface area contributed by atoms with Gasteiger partial charge in [0.2, 0.25) is 5.79 Å². The van der Waals surface area contributed by atoms with Crippen LogP contribution in [-0.2, 0) is 11.3 Å². The third-order valence-corrected chi connectivity index (χ3v) is 4.98. The Morgan fingerprint density at radius 1 is 1.15 bits per heavy atom. The minimum absolute atomic E-state index is 0.000876. The van der Waals surface area contributed by atoms with Crippen LogP contribution in [0.1, 0.15) is 28.8 Å². The molecule has 0 saturated carbocycles. The molecule has 2 aromatic carbocycles. The van der Waals surface area contributed by atoms with E-state index in [1.807, 2.05) is 18.2 Å². The van der Waals surface area contributed by atoms with Crippen LogP contribution < -0.4 is 9.47 Å². The zero-order chi connectivity index (χ0) is 19.0. The number of nitrogens with zero attached hydrogens (tertiary/aromatic N) is 1. The summed E-state index contributed by atoms with van der Waals surface area (Å²) in [5, 5.41) is 0. The molecule has 2 heterocycles. The van der Waals surface area contributed by atoms with Crippen LogP contribution >= 0.6 is 0 Å². The lowest BCUT2D eigenvalue weighted by molar-refractivity contribution is -0.226. The Bertz CT molecular complexity index is 844. The fraction of sp³-hybridized carbons (Fsp3) is 0.350. The second-order valence-corrected chi connectivity index (χ2v) is 6.70. The van der Waals surface area contributed by atoms with E-state index in [0.29, 0.717) is 44.0 Å². The number of piperidine rings is 1. The molecule has 5 nitrogen and oxygen atoms in total. The summed E-state index contributed by atoms with van der Waals surface area (Å²) in [6.45, 7) is 1.12. The number of ether oxygens (including phenoxy) is 3. The fourth-order valence-corrected chi connectivity index (χ4v) is 3.53. The van der Waals surface area contributed by atoms with Crippen LogP contribution in [0.15, 0.2) is 36.4 Å². The Morgan fingerprint density at radius 2 is 1.85 bits per heavy atom. The summed E-state index contributed by atoms with van der Waals surface area (Å²) in [7, 11) is 1.58. The first-order valence-electron chi connectivity index (χ1n) is 8.74. The Labute approximate surface area is 155 Å². The number of carbonyl (C=O) groups is 1. The maximum atomic E-state index is 13.4. The van der Waals surface area contributed by atoms with E-state index in [4.69, 9.17) is 14.2 Å². The number of carbonyl (C=O) groups excluding carboxylic acids is 1. The van der Waals surface area contributed by atoms with Crippen molar-refractivity contribution < 1.29 is 27.8 Å². The van der Waals surface area contributed by atoms with Gasteiger partial charge in [-0.3, -0.25) is 4.79 Å². The van der Waals surface area contributed by atoms with Crippen molar-refractivity contribution in [2.24, 2.45) is 0 Å². The molecule has 4 rings (SSSR count). The van der Waals surface area contributed by atoms with Gasteiger partial charge in [-0.1, -0.05) is 12.1 Å². The van der Waals surface area contributed by atoms with E-state index in [9.17, 15) is 13.6 Å². The van der Waals surface area contributed by atoms with E-state index in [-0.39, 0.29) is 5.56 Å². The Kier molecular flexibility index (Phi) is 4.47. The predicted octanol–water partition coefficient (Wildman–Crippen LogP) is 3.51. The topological polar surface area (TPSA) is 48.0 Å². The molecule has 1 fully saturated rings. The van der Waals surface area contributed by atoms with E-state index in [1.165, 1.54) is 0 Å². The normalized spacial score (nSPS) is 18.0. The number of rotatable bonds is 2. The second-order valence-electron chi connectivity index (χ2n) is 6.70. The van der Waals surface area contributed by atoms with Crippen molar-refractivity contribution in [1.29, 1.82) is 0 Å². The summed E-state index contributed by atoms with van der Waals surface area (Å²) < 4.78 is 44.3. The summed E-state index contributed by atoms with van der Waals surface area (Å²) >= 11 is 0. The molecule has 1 saturated heterocycles. The van der Waals surface area contributed by atoms with Gasteiger partial charge in [0, 0.05) is 43.1 Å². The molecule has 0 radical (unpaired) electrons. The second kappa shape index (κ2) is 6.81. The lowest BCUT2D eigenvalue weighted by atomic mass is 10.00. The average molecular weight is 375 g/mol. The van der Waals surface area contributed by atoms with Crippen LogP contribution in [0.5, 0.6) is 11.5 Å². The van der Waals surface area contributed by atoms with Gasteiger partial charge >= 0.3 is 0 Å². The molecule has 0 N–H and O–H groups in total. The fourth-order valence-electron chi connectivity index (χ4n) is 3.53. The molecule has 0 unspecified atom stereocenters. The monoisotopic (exact) mass is 375 g/mol. The summed E-state index contributed by atoms with van der Waals surface area (Å²) in [5.74, 6) is -1.46. The maximum absolute atomic E-state index is 13.4. The van der Waals surface area contributed by atoms with Crippen molar-refractivity contribution in [2.75, 3.05) is 20.2 Å². The molecule has 0 atom stereocenters. The largest absolute Gasteiger partial charge is 0.493 e. The molecule has 0 bridgehead atoms. The van der Waals surface area contributed by atoms with Gasteiger partial charge in [0.25, 0.3) is 5.91 Å². The molecule has 2 aliphatic heterocycles. The number of amides is 1. The number of likely N-dealkylation sites (tertiary alicyclic amines) is 1. The van der Waals surface area contributed by atoms with Crippen molar-refractivity contribution in [3.8, 4) is 11.5 Å². The summed E-state index contributed by atoms with van der Waals surface area (Å²) in [6.07, 6.45) is 0.905. The smallest absolute Gasteiger partial charge is 0.254 e. The molecule has 1 spiro atoms. The van der Waals surface area contributed by atoms with Crippen molar-refractivity contribution in [3.05, 3.63) is 59.2 Å². The Hall–Kier alpha value is -2.67. The minimum Gasteiger partial charge on any atom is -0.493 e. The van der Waals surface area contributed by atoms with Crippen LogP contribution in [-0.4, -0.2) is 36.8 Å². The highest BCUT2D eigenvalue weighted by Gasteiger charge is 2.42. The van der Waals surface area contributed by atoms with Gasteiger partial charge in [-0.25, -0.2) is 8.78 Å². The summed E-state index contributed by atoms with van der Waals surface area (Å²) in [6, 6.07) is 8.46. The van der Waals surface area contributed by atoms with Crippen molar-refractivity contribution in [1.82, 2.24) is 4.90 Å². The highest BCUT2D eigenvalue weighted by atomic mass is 19.1. The zero-order valence-corrected chi connectivity index (χ0v) is 14.8. The first-order valence-corrected chi connectivity index (χ1v) is 8.74. The zero-order valence-electron chi connectivity index (χ0n) is 14.8. The number of benzene rings is 2. The minimum atomic E-state index is -0.828. The van der Waals surface area contributed by atoms with Gasteiger partial charge in [0.1, 0.15) is 11.6 Å². The molecular weight excluding hydrogens is 356 g/mol. The summed E-state index contributed by atoms with van der Waals surface area (Å²) in [5.41, 5.74) is 0.912. The highest BCUT2D eigenvalue weighted by Crippen LogP contribution is 2.42. The van der Waals surface area contributed by atoms with Gasteiger partial charge in [-0.2, -0.15) is 0 Å². The van der Waals surface area contributed by atoms with Gasteiger partial charge in [0.05, 0.1) is 13.7 Å². The van der Waals surface area contributed by atoms with E-state index in [2.05, 4.69) is 0 Å². The number of hydrogen-bond donors (Lipinski definition) is 0. The molecule has 27 heavy (non-hydrogen) atoms. The van der Waals surface area contributed by atoms with Crippen molar-refractivity contribution in [2.45, 2.75) is 25.2 Å². The van der Waals surface area contributed by atoms with E-state index in [0.717, 1.165) is 23.8 Å². The van der Waals surface area contributed by atoms with E-state index >= 15 is 0 Å². The number of para-hydroxylation sites is 1. The highest BCUT2D eigenvalue weighted by molar-refractivity contribution is 5.94. The lowest BCUT2D eigenvalue weighted by Gasteiger charge is -2.44. The maximum Gasteiger partial charge on any atom is 0.254 e. The van der Waals surface area contributed by atoms with Crippen LogP contribution in [0.2, 0.25) is 0 Å². The Morgan fingerprint density at radius 3 is 2.52 bits per heavy atom. The molecule has 7 heteroatoms. The molecule has 1 amide bonds. The van der Waals surface area contributed by atoms with E-state index < -0.39 is 23.3 Å². The average Bonchev–Trinajstić information content (AvgIpc) is 2.67. The van der Waals surface area contributed by atoms with Crippen molar-refractivity contribution >= 4 is 5.91 Å². The van der Waals surface area contributed by atoms with Crippen LogP contribution in [0.25, 0.3) is 0 Å².